The smallest absolute Gasteiger partial charge is 0.225 e. The molecule has 6 nitrogen and oxygen atoms in total. The molecular weight excluding hydrogens is 413 g/mol. The predicted octanol–water partition coefficient (Wildman–Crippen LogP) is 2.81. The third-order valence-electron chi connectivity index (χ3n) is 5.71. The highest BCUT2D eigenvalue weighted by atomic mass is 32.2. The van der Waals surface area contributed by atoms with Crippen molar-refractivity contribution in [3.8, 4) is 10.6 Å². The minimum atomic E-state index is -3.38. The first-order valence-corrected chi connectivity index (χ1v) is 12.6. The van der Waals surface area contributed by atoms with Gasteiger partial charge in [-0.3, -0.25) is 4.79 Å². The van der Waals surface area contributed by atoms with Crippen molar-refractivity contribution in [3.63, 3.8) is 0 Å². The second-order valence-corrected chi connectivity index (χ2v) is 10.5. The Morgan fingerprint density at radius 3 is 2.62 bits per heavy atom. The first-order valence-electron chi connectivity index (χ1n) is 9.78. The Bertz CT molecular complexity index is 987. The largest absolute Gasteiger partial charge is 0.337 e. The number of nitrogens with zero attached hydrogens (tertiary/aromatic N) is 2. The monoisotopic (exact) mass is 437 g/mol. The zero-order chi connectivity index (χ0) is 20.6. The summed E-state index contributed by atoms with van der Waals surface area (Å²) in [5.41, 5.74) is 1.65. The Balaban J connectivity index is 1.54. The molecule has 1 saturated heterocycles. The van der Waals surface area contributed by atoms with Crippen molar-refractivity contribution in [1.82, 2.24) is 14.6 Å². The number of thiazole rings is 1. The number of amides is 1. The van der Waals surface area contributed by atoms with Gasteiger partial charge in [-0.05, 0) is 43.5 Å². The summed E-state index contributed by atoms with van der Waals surface area (Å²) in [5.74, 6) is -0.0935. The molecule has 2 aliphatic rings. The van der Waals surface area contributed by atoms with Gasteiger partial charge in [0, 0.05) is 35.9 Å². The first-order chi connectivity index (χ1) is 13.8. The maximum absolute atomic E-state index is 13.2. The Hall–Kier alpha value is -1.84. The highest BCUT2D eigenvalue weighted by Crippen LogP contribution is 2.33. The van der Waals surface area contributed by atoms with Crippen LogP contribution in [-0.4, -0.2) is 49.1 Å². The number of sulfonamides is 1. The van der Waals surface area contributed by atoms with E-state index in [0.717, 1.165) is 41.8 Å². The predicted molar refractivity (Wildman–Crippen MR) is 110 cm³/mol. The molecule has 0 bridgehead atoms. The molecule has 1 N–H and O–H groups in total. The van der Waals surface area contributed by atoms with Crippen LogP contribution in [0.15, 0.2) is 29.6 Å². The van der Waals surface area contributed by atoms with Crippen molar-refractivity contribution in [2.45, 2.75) is 44.2 Å². The molecule has 1 aromatic heterocycles. The molecule has 1 aromatic carbocycles. The van der Waals surface area contributed by atoms with Crippen LogP contribution in [0.1, 0.15) is 31.4 Å². The molecule has 2 heterocycles. The number of carbonyl (C=O) groups excluding carboxylic acids is 1. The Morgan fingerprint density at radius 2 is 2.00 bits per heavy atom. The summed E-state index contributed by atoms with van der Waals surface area (Å²) in [6.07, 6.45) is 5.15. The molecule has 2 aromatic rings. The second-order valence-electron chi connectivity index (χ2n) is 7.87. The van der Waals surface area contributed by atoms with Crippen LogP contribution in [0.5, 0.6) is 0 Å². The van der Waals surface area contributed by atoms with Gasteiger partial charge < -0.3 is 4.90 Å². The van der Waals surface area contributed by atoms with Crippen LogP contribution in [0.4, 0.5) is 4.39 Å². The standard InChI is InChI=1S/C20H24FN3O3S2/c1-29(26,27)23-17-9-10-24(20(25)14-3-2-4-14)18(17)11-16-12-28-19(22-16)13-5-7-15(21)8-6-13/h5-8,12,14,17-18,23H,2-4,9-11H2,1H3/t17-,18-/m0/s1. The molecule has 4 rings (SSSR count). The topological polar surface area (TPSA) is 79.4 Å². The maximum atomic E-state index is 13.2. The third kappa shape index (κ3) is 4.67. The summed E-state index contributed by atoms with van der Waals surface area (Å²) in [7, 11) is -3.38. The molecule has 1 aliphatic carbocycles. The molecule has 0 spiro atoms. The van der Waals surface area contributed by atoms with E-state index >= 15 is 0 Å². The van der Waals surface area contributed by atoms with Gasteiger partial charge in [0.05, 0.1) is 18.0 Å². The molecule has 9 heteroatoms. The van der Waals surface area contributed by atoms with Crippen molar-refractivity contribution in [1.29, 1.82) is 0 Å². The maximum Gasteiger partial charge on any atom is 0.225 e. The molecule has 1 saturated carbocycles. The molecule has 156 valence electrons. The second kappa shape index (κ2) is 8.12. The van der Waals surface area contributed by atoms with Gasteiger partial charge in [0.1, 0.15) is 10.8 Å². The molecule has 2 atom stereocenters. The van der Waals surface area contributed by atoms with Gasteiger partial charge in [0.15, 0.2) is 0 Å². The summed E-state index contributed by atoms with van der Waals surface area (Å²) in [5, 5.41) is 2.71. The lowest BCUT2D eigenvalue weighted by Gasteiger charge is -2.34. The van der Waals surface area contributed by atoms with Crippen LogP contribution in [0.3, 0.4) is 0 Å². The van der Waals surface area contributed by atoms with E-state index in [1.54, 1.807) is 12.1 Å². The van der Waals surface area contributed by atoms with Crippen LogP contribution in [0.25, 0.3) is 10.6 Å². The molecule has 0 unspecified atom stereocenters. The number of hydrogen-bond acceptors (Lipinski definition) is 5. The fourth-order valence-electron chi connectivity index (χ4n) is 4.02. The van der Waals surface area contributed by atoms with Crippen LogP contribution in [0, 0.1) is 11.7 Å². The fraction of sp³-hybridized carbons (Fsp3) is 0.500. The number of carbonyl (C=O) groups is 1. The average Bonchev–Trinajstić information content (AvgIpc) is 3.21. The summed E-state index contributed by atoms with van der Waals surface area (Å²) in [6, 6.07) is 5.62. The van der Waals surface area contributed by atoms with Gasteiger partial charge in [-0.1, -0.05) is 6.42 Å². The number of halogens is 1. The molecule has 0 radical (unpaired) electrons. The molecular formula is C20H24FN3O3S2. The lowest BCUT2D eigenvalue weighted by atomic mass is 9.84. The Kier molecular flexibility index (Phi) is 5.72. The van der Waals surface area contributed by atoms with E-state index < -0.39 is 10.0 Å². The highest BCUT2D eigenvalue weighted by molar-refractivity contribution is 7.88. The summed E-state index contributed by atoms with van der Waals surface area (Å²) < 4.78 is 39.5. The average molecular weight is 438 g/mol. The van der Waals surface area contributed by atoms with Crippen LogP contribution < -0.4 is 4.72 Å². The zero-order valence-corrected chi connectivity index (χ0v) is 17.8. The van der Waals surface area contributed by atoms with Crippen LogP contribution in [-0.2, 0) is 21.2 Å². The quantitative estimate of drug-likeness (QED) is 0.754. The number of rotatable bonds is 6. The molecule has 1 amide bonds. The highest BCUT2D eigenvalue weighted by Gasteiger charge is 2.41. The van der Waals surface area contributed by atoms with E-state index in [0.29, 0.717) is 19.4 Å². The van der Waals surface area contributed by atoms with Gasteiger partial charge in [-0.15, -0.1) is 11.3 Å². The minimum Gasteiger partial charge on any atom is -0.337 e. The number of benzene rings is 1. The fourth-order valence-corrected chi connectivity index (χ4v) is 5.69. The normalized spacial score (nSPS) is 22.6. The number of aromatic nitrogens is 1. The number of nitrogens with one attached hydrogen (secondary N) is 1. The van der Waals surface area contributed by atoms with Crippen molar-refractivity contribution in [3.05, 3.63) is 41.2 Å². The van der Waals surface area contributed by atoms with Crippen molar-refractivity contribution in [2.75, 3.05) is 12.8 Å². The van der Waals surface area contributed by atoms with Crippen molar-refractivity contribution < 1.29 is 17.6 Å². The Morgan fingerprint density at radius 1 is 1.28 bits per heavy atom. The summed E-state index contributed by atoms with van der Waals surface area (Å²) in [4.78, 5) is 19.4. The first kappa shape index (κ1) is 20.4. The van der Waals surface area contributed by atoms with Gasteiger partial charge in [-0.2, -0.15) is 0 Å². The third-order valence-corrected chi connectivity index (χ3v) is 7.38. The molecule has 29 heavy (non-hydrogen) atoms. The van der Waals surface area contributed by atoms with Crippen LogP contribution in [0.2, 0.25) is 0 Å². The Labute approximate surface area is 174 Å². The van der Waals surface area contributed by atoms with Crippen molar-refractivity contribution >= 4 is 27.3 Å². The van der Waals surface area contributed by atoms with E-state index in [1.165, 1.54) is 23.5 Å². The molecule has 2 fully saturated rings. The van der Waals surface area contributed by atoms with Gasteiger partial charge in [0.2, 0.25) is 15.9 Å². The van der Waals surface area contributed by atoms with E-state index in [1.807, 2.05) is 10.3 Å². The molecule has 1 aliphatic heterocycles. The van der Waals surface area contributed by atoms with Crippen LogP contribution >= 0.6 is 11.3 Å². The van der Waals surface area contributed by atoms with Gasteiger partial charge in [-0.25, -0.2) is 22.5 Å². The van der Waals surface area contributed by atoms with Gasteiger partial charge in [0.25, 0.3) is 0 Å². The SMILES string of the molecule is CS(=O)(=O)N[C@H]1CCN(C(=O)C2CCC2)[C@H]1Cc1csc(-c2ccc(F)cc2)n1. The lowest BCUT2D eigenvalue weighted by Crippen LogP contribution is -2.49. The number of hydrogen-bond donors (Lipinski definition) is 1. The van der Waals surface area contributed by atoms with E-state index in [9.17, 15) is 17.6 Å². The van der Waals surface area contributed by atoms with Gasteiger partial charge >= 0.3 is 0 Å². The summed E-state index contributed by atoms with van der Waals surface area (Å²) >= 11 is 1.46. The number of likely N-dealkylation sites (tertiary alicyclic amines) is 1. The zero-order valence-electron chi connectivity index (χ0n) is 16.2. The van der Waals surface area contributed by atoms with E-state index in [-0.39, 0.29) is 29.7 Å². The van der Waals surface area contributed by atoms with Crippen molar-refractivity contribution in [2.24, 2.45) is 5.92 Å². The summed E-state index contributed by atoms with van der Waals surface area (Å²) in [6.45, 7) is 0.558. The van der Waals surface area contributed by atoms with E-state index in [2.05, 4.69) is 9.71 Å². The minimum absolute atomic E-state index is 0.0692. The lowest BCUT2D eigenvalue weighted by molar-refractivity contribution is -0.139. The van der Waals surface area contributed by atoms with E-state index in [4.69, 9.17) is 0 Å².